The van der Waals surface area contributed by atoms with Gasteiger partial charge < -0.3 is 14.5 Å². The average Bonchev–Trinajstić information content (AvgIpc) is 3.12. The molecule has 136 valence electrons. The summed E-state index contributed by atoms with van der Waals surface area (Å²) in [5.41, 5.74) is 2.26. The Labute approximate surface area is 147 Å². The van der Waals surface area contributed by atoms with Gasteiger partial charge in [0, 0.05) is 32.4 Å². The van der Waals surface area contributed by atoms with Crippen molar-refractivity contribution in [3.05, 3.63) is 40.6 Å². The van der Waals surface area contributed by atoms with E-state index in [0.29, 0.717) is 25.3 Å². The minimum atomic E-state index is -0.0929. The summed E-state index contributed by atoms with van der Waals surface area (Å²) in [5.74, 6) is 1.66. The van der Waals surface area contributed by atoms with Gasteiger partial charge in [0.15, 0.2) is 0 Å². The van der Waals surface area contributed by atoms with Crippen LogP contribution in [0, 0.1) is 20.8 Å². The maximum absolute atomic E-state index is 12.7. The molecule has 7 nitrogen and oxygen atoms in total. The molecule has 25 heavy (non-hydrogen) atoms. The van der Waals surface area contributed by atoms with Gasteiger partial charge in [-0.25, -0.2) is 0 Å². The van der Waals surface area contributed by atoms with Crippen LogP contribution < -0.4 is 5.32 Å². The lowest BCUT2D eigenvalue weighted by Gasteiger charge is -2.33. The molecule has 2 aromatic heterocycles. The van der Waals surface area contributed by atoms with E-state index in [-0.39, 0.29) is 11.9 Å². The van der Waals surface area contributed by atoms with Crippen molar-refractivity contribution in [2.24, 2.45) is 7.05 Å². The third-order valence-corrected chi connectivity index (χ3v) is 4.77. The quantitative estimate of drug-likeness (QED) is 0.893. The Balaban J connectivity index is 1.75. The van der Waals surface area contributed by atoms with Crippen LogP contribution in [0.4, 0.5) is 0 Å². The van der Waals surface area contributed by atoms with Gasteiger partial charge in [0.05, 0.1) is 30.5 Å². The van der Waals surface area contributed by atoms with E-state index in [1.54, 1.807) is 4.68 Å². The number of nitrogens with zero attached hydrogens (tertiary/aromatic N) is 3. The second kappa shape index (κ2) is 7.41. The normalized spacial score (nSPS) is 16.8. The SMILES string of the molecule is Cc1ccc(C(CNC(=O)c2c(C)nn(C)c2C)N2CCOCC2)o1. The molecule has 1 aliphatic heterocycles. The van der Waals surface area contributed by atoms with Gasteiger partial charge in [-0.1, -0.05) is 0 Å². The molecule has 0 aromatic carbocycles. The molecule has 1 aliphatic rings. The van der Waals surface area contributed by atoms with Gasteiger partial charge in [-0.05, 0) is 32.9 Å². The summed E-state index contributed by atoms with van der Waals surface area (Å²) in [6.07, 6.45) is 0. The molecule has 1 saturated heterocycles. The molecule has 3 rings (SSSR count). The number of aromatic nitrogens is 2. The predicted molar refractivity (Wildman–Crippen MR) is 93.6 cm³/mol. The Morgan fingerprint density at radius 3 is 2.56 bits per heavy atom. The van der Waals surface area contributed by atoms with Crippen molar-refractivity contribution >= 4 is 5.91 Å². The minimum Gasteiger partial charge on any atom is -0.465 e. The number of furan rings is 1. The van der Waals surface area contributed by atoms with Gasteiger partial charge >= 0.3 is 0 Å². The maximum Gasteiger partial charge on any atom is 0.255 e. The van der Waals surface area contributed by atoms with Crippen LogP contribution in [0.3, 0.4) is 0 Å². The van der Waals surface area contributed by atoms with Crippen LogP contribution in [0.5, 0.6) is 0 Å². The fraction of sp³-hybridized carbons (Fsp3) is 0.556. The first kappa shape index (κ1) is 17.7. The van der Waals surface area contributed by atoms with E-state index in [4.69, 9.17) is 9.15 Å². The molecule has 0 spiro atoms. The molecule has 1 atom stereocenters. The minimum absolute atomic E-state index is 0.00108. The lowest BCUT2D eigenvalue weighted by atomic mass is 10.1. The van der Waals surface area contributed by atoms with Crippen molar-refractivity contribution in [1.29, 1.82) is 0 Å². The molecule has 3 heterocycles. The average molecular weight is 346 g/mol. The van der Waals surface area contributed by atoms with Gasteiger partial charge in [-0.3, -0.25) is 14.4 Å². The van der Waals surface area contributed by atoms with Gasteiger partial charge in [0.25, 0.3) is 5.91 Å². The van der Waals surface area contributed by atoms with Gasteiger partial charge in [-0.15, -0.1) is 0 Å². The first-order valence-electron chi connectivity index (χ1n) is 8.64. The number of ether oxygens (including phenoxy) is 1. The van der Waals surface area contributed by atoms with Crippen LogP contribution >= 0.6 is 0 Å². The molecule has 1 amide bonds. The van der Waals surface area contributed by atoms with Crippen LogP contribution in [0.25, 0.3) is 0 Å². The van der Waals surface area contributed by atoms with Crippen LogP contribution in [0.2, 0.25) is 0 Å². The Bertz CT molecular complexity index is 744. The Morgan fingerprint density at radius 1 is 1.28 bits per heavy atom. The Hall–Kier alpha value is -2.12. The van der Waals surface area contributed by atoms with Crippen molar-refractivity contribution in [3.63, 3.8) is 0 Å². The molecule has 0 aliphatic carbocycles. The van der Waals surface area contributed by atoms with Crippen molar-refractivity contribution in [3.8, 4) is 0 Å². The van der Waals surface area contributed by atoms with Crippen LogP contribution in [0.1, 0.15) is 39.3 Å². The van der Waals surface area contributed by atoms with Gasteiger partial charge in [-0.2, -0.15) is 5.10 Å². The van der Waals surface area contributed by atoms with Crippen molar-refractivity contribution in [2.75, 3.05) is 32.8 Å². The zero-order valence-electron chi connectivity index (χ0n) is 15.3. The topological polar surface area (TPSA) is 72.5 Å². The molecular formula is C18H26N4O3. The number of hydrogen-bond donors (Lipinski definition) is 1. The largest absolute Gasteiger partial charge is 0.465 e. The zero-order valence-corrected chi connectivity index (χ0v) is 15.3. The predicted octanol–water partition coefficient (Wildman–Crippen LogP) is 1.74. The number of amides is 1. The number of carbonyl (C=O) groups is 1. The van der Waals surface area contributed by atoms with Crippen molar-refractivity contribution < 1.29 is 13.9 Å². The smallest absolute Gasteiger partial charge is 0.255 e. The Kier molecular flexibility index (Phi) is 5.24. The molecule has 0 bridgehead atoms. The van der Waals surface area contributed by atoms with E-state index in [0.717, 1.165) is 36.0 Å². The van der Waals surface area contributed by atoms with Crippen LogP contribution in [-0.4, -0.2) is 53.4 Å². The van der Waals surface area contributed by atoms with Gasteiger partial charge in [0.1, 0.15) is 11.5 Å². The number of nitrogens with one attached hydrogen (secondary N) is 1. The van der Waals surface area contributed by atoms with E-state index in [1.165, 1.54) is 0 Å². The third kappa shape index (κ3) is 3.77. The maximum atomic E-state index is 12.7. The fourth-order valence-corrected chi connectivity index (χ4v) is 3.31. The Morgan fingerprint density at radius 2 is 2.00 bits per heavy atom. The summed E-state index contributed by atoms with van der Waals surface area (Å²) in [7, 11) is 1.85. The molecule has 2 aromatic rings. The standard InChI is InChI=1S/C18H26N4O3/c1-12-5-6-16(25-12)15(22-7-9-24-10-8-22)11-19-18(23)17-13(2)20-21(4)14(17)3/h5-6,15H,7-11H2,1-4H3,(H,19,23). The first-order valence-corrected chi connectivity index (χ1v) is 8.64. The summed E-state index contributed by atoms with van der Waals surface area (Å²) < 4.78 is 13.0. The highest BCUT2D eigenvalue weighted by Gasteiger charge is 2.26. The van der Waals surface area contributed by atoms with E-state index < -0.39 is 0 Å². The number of morpholine rings is 1. The highest BCUT2D eigenvalue weighted by molar-refractivity contribution is 5.96. The first-order chi connectivity index (χ1) is 12.0. The van der Waals surface area contributed by atoms with E-state index in [1.807, 2.05) is 40.0 Å². The van der Waals surface area contributed by atoms with Crippen molar-refractivity contribution in [1.82, 2.24) is 20.0 Å². The molecule has 0 radical (unpaired) electrons. The van der Waals surface area contributed by atoms with E-state index in [9.17, 15) is 4.79 Å². The summed E-state index contributed by atoms with van der Waals surface area (Å²) in [5, 5.41) is 7.38. The van der Waals surface area contributed by atoms with E-state index in [2.05, 4.69) is 15.3 Å². The lowest BCUT2D eigenvalue weighted by Crippen LogP contribution is -2.43. The van der Waals surface area contributed by atoms with Crippen molar-refractivity contribution in [2.45, 2.75) is 26.8 Å². The summed E-state index contributed by atoms with van der Waals surface area (Å²) >= 11 is 0. The number of rotatable bonds is 5. The molecule has 7 heteroatoms. The highest BCUT2D eigenvalue weighted by atomic mass is 16.5. The molecular weight excluding hydrogens is 320 g/mol. The fourth-order valence-electron chi connectivity index (χ4n) is 3.31. The summed E-state index contributed by atoms with van der Waals surface area (Å²) in [4.78, 5) is 15.0. The molecule has 1 fully saturated rings. The zero-order chi connectivity index (χ0) is 18.0. The number of aryl methyl sites for hydroxylation is 3. The van der Waals surface area contributed by atoms with Crippen LogP contribution in [0.15, 0.2) is 16.5 Å². The number of hydrogen-bond acceptors (Lipinski definition) is 5. The molecule has 0 saturated carbocycles. The monoisotopic (exact) mass is 346 g/mol. The molecule has 1 N–H and O–H groups in total. The molecule has 1 unspecified atom stereocenters. The van der Waals surface area contributed by atoms with Crippen LogP contribution in [-0.2, 0) is 11.8 Å². The second-order valence-corrected chi connectivity index (χ2v) is 6.49. The lowest BCUT2D eigenvalue weighted by molar-refractivity contribution is 0.0117. The summed E-state index contributed by atoms with van der Waals surface area (Å²) in [6.45, 7) is 9.23. The highest BCUT2D eigenvalue weighted by Crippen LogP contribution is 2.23. The second-order valence-electron chi connectivity index (χ2n) is 6.49. The number of carbonyl (C=O) groups excluding carboxylic acids is 1. The van der Waals surface area contributed by atoms with E-state index >= 15 is 0 Å². The van der Waals surface area contributed by atoms with Gasteiger partial charge in [0.2, 0.25) is 0 Å². The summed E-state index contributed by atoms with van der Waals surface area (Å²) in [6, 6.07) is 3.95. The third-order valence-electron chi connectivity index (χ3n) is 4.77.